The molecule has 0 aliphatic carbocycles. The molecule has 0 aromatic heterocycles. The van der Waals surface area contributed by atoms with Crippen molar-refractivity contribution in [3.05, 3.63) is 0 Å². The Labute approximate surface area is 34.4 Å². The van der Waals surface area contributed by atoms with Crippen LogP contribution < -0.4 is 11.1 Å². The average molecular weight is 90.2 g/mol. The lowest BCUT2D eigenvalue weighted by Gasteiger charge is -1.90. The van der Waals surface area contributed by atoms with Gasteiger partial charge in [-0.3, -0.25) is 0 Å². The second kappa shape index (κ2) is 2.38. The van der Waals surface area contributed by atoms with Crippen molar-refractivity contribution in [3.63, 3.8) is 0 Å². The van der Waals surface area contributed by atoms with Crippen LogP contribution in [-0.2, 0) is 0 Å². The van der Waals surface area contributed by atoms with Gasteiger partial charge in [-0.1, -0.05) is 6.92 Å². The molecule has 0 rings (SSSR count). The third-order valence-electron chi connectivity index (χ3n) is 0.372. The summed E-state index contributed by atoms with van der Waals surface area (Å²) in [6, 6.07) is 0. The number of rotatable bonds is 1. The van der Waals surface area contributed by atoms with Crippen LogP contribution in [0, 0.1) is 0 Å². The highest BCUT2D eigenvalue weighted by molar-refractivity contribution is 6.32. The molecule has 1 unspecified atom stereocenters. The molecule has 0 amide bonds. The first-order chi connectivity index (χ1) is 2.27. The topological polar surface area (TPSA) is 52.0 Å². The van der Waals surface area contributed by atoms with E-state index < -0.39 is 0 Å². The predicted octanol–water partition coefficient (Wildman–Crippen LogP) is -1.67. The monoisotopic (exact) mass is 90.1 g/mol. The second-order valence-corrected chi connectivity index (χ2v) is 2.97. The molecule has 0 aliphatic heterocycles. The third kappa shape index (κ3) is 4.14. The molecule has 32 valence electrons. The summed E-state index contributed by atoms with van der Waals surface area (Å²) in [4.78, 5) is 0. The van der Waals surface area contributed by atoms with E-state index in [9.17, 15) is 0 Å². The molecule has 4 N–H and O–H groups in total. The number of nitrogens with two attached hydrogens (primary N) is 2. The summed E-state index contributed by atoms with van der Waals surface area (Å²) < 4.78 is 0. The lowest BCUT2D eigenvalue weighted by molar-refractivity contribution is 1.01. The van der Waals surface area contributed by atoms with Gasteiger partial charge in [0.05, 0.1) is 0 Å². The zero-order valence-corrected chi connectivity index (χ0v) is 4.85. The molecule has 0 radical (unpaired) electrons. The molecule has 0 fully saturated rings. The molecule has 5 heavy (non-hydrogen) atoms. The Morgan fingerprint density at radius 2 is 2.00 bits per heavy atom. The summed E-state index contributed by atoms with van der Waals surface area (Å²) in [5.41, 5.74) is 5.53. The van der Waals surface area contributed by atoms with E-state index in [1.54, 1.807) is 0 Å². The largest absolute Gasteiger partial charge is 0.355 e. The van der Waals surface area contributed by atoms with Crippen LogP contribution in [0.3, 0.4) is 0 Å². The van der Waals surface area contributed by atoms with Crippen LogP contribution in [0.15, 0.2) is 0 Å². The maximum absolute atomic E-state index is 5.23. The van der Waals surface area contributed by atoms with E-state index in [4.69, 9.17) is 11.1 Å². The van der Waals surface area contributed by atoms with E-state index in [0.29, 0.717) is 5.67 Å². The minimum absolute atomic E-state index is 0.301. The number of hydrogen-bond acceptors (Lipinski definition) is 2. The van der Waals surface area contributed by atoms with Crippen LogP contribution in [-0.4, -0.2) is 15.3 Å². The first kappa shape index (κ1) is 5.14. The first-order valence-corrected chi connectivity index (χ1v) is 3.36. The second-order valence-electron chi connectivity index (χ2n) is 1.21. The molecule has 0 saturated heterocycles. The summed E-state index contributed by atoms with van der Waals surface area (Å²) in [7, 11) is -0.373. The van der Waals surface area contributed by atoms with E-state index in [1.807, 2.05) is 6.92 Å². The molecule has 0 heterocycles. The fourth-order valence-electron chi connectivity index (χ4n) is 0. The summed E-state index contributed by atoms with van der Waals surface area (Å²) in [5.74, 6) is 0. The van der Waals surface area contributed by atoms with E-state index in [2.05, 4.69) is 0 Å². The van der Waals surface area contributed by atoms with Gasteiger partial charge in [-0.05, 0) is 0 Å². The molecule has 0 aromatic rings. The molecule has 0 saturated carbocycles. The van der Waals surface area contributed by atoms with Crippen molar-refractivity contribution in [2.24, 2.45) is 11.1 Å². The van der Waals surface area contributed by atoms with Crippen LogP contribution in [0.25, 0.3) is 0 Å². The van der Waals surface area contributed by atoms with E-state index in [0.717, 1.165) is 0 Å². The quantitative estimate of drug-likeness (QED) is 0.378. The van der Waals surface area contributed by atoms with Crippen LogP contribution in [0.2, 0.25) is 0 Å². The molecular weight excluding hydrogens is 80.1 g/mol. The first-order valence-electron chi connectivity index (χ1n) is 1.73. The Balaban J connectivity index is 2.54. The van der Waals surface area contributed by atoms with Crippen molar-refractivity contribution >= 4 is 9.68 Å². The van der Waals surface area contributed by atoms with Crippen molar-refractivity contribution in [1.82, 2.24) is 0 Å². The minimum Gasteiger partial charge on any atom is -0.355 e. The van der Waals surface area contributed by atoms with Gasteiger partial charge in [-0.15, -0.1) is 0 Å². The zero-order valence-electron chi connectivity index (χ0n) is 3.44. The SMILES string of the molecule is CC(N)[SiH2]N. The third-order valence-corrected chi connectivity index (χ3v) is 1.12. The highest BCUT2D eigenvalue weighted by atomic mass is 28.2. The molecule has 1 atom stereocenters. The van der Waals surface area contributed by atoms with Crippen molar-refractivity contribution in [2.45, 2.75) is 12.6 Å². The van der Waals surface area contributed by atoms with Gasteiger partial charge in [-0.2, -0.15) is 0 Å². The average Bonchev–Trinajstić information content (AvgIpc) is 1.38. The molecular formula is C2H10N2Si. The summed E-state index contributed by atoms with van der Waals surface area (Å²) in [6.07, 6.45) is 0. The van der Waals surface area contributed by atoms with E-state index in [-0.39, 0.29) is 9.68 Å². The lowest BCUT2D eigenvalue weighted by Crippen LogP contribution is -2.29. The Bertz CT molecular complexity index is 21.6. The van der Waals surface area contributed by atoms with E-state index in [1.165, 1.54) is 0 Å². The molecule has 0 bridgehead atoms. The fourth-order valence-corrected chi connectivity index (χ4v) is 0. The highest BCUT2D eigenvalue weighted by Gasteiger charge is 1.81. The van der Waals surface area contributed by atoms with Gasteiger partial charge in [0, 0.05) is 5.67 Å². The molecule has 0 spiro atoms. The Morgan fingerprint density at radius 3 is 2.00 bits per heavy atom. The van der Waals surface area contributed by atoms with Crippen molar-refractivity contribution in [3.8, 4) is 0 Å². The maximum Gasteiger partial charge on any atom is 0.106 e. The van der Waals surface area contributed by atoms with Crippen LogP contribution in [0.5, 0.6) is 0 Å². The van der Waals surface area contributed by atoms with Gasteiger partial charge in [0.15, 0.2) is 0 Å². The van der Waals surface area contributed by atoms with E-state index >= 15 is 0 Å². The molecule has 2 nitrogen and oxygen atoms in total. The van der Waals surface area contributed by atoms with Crippen LogP contribution in [0.1, 0.15) is 6.92 Å². The Hall–Kier alpha value is 0.137. The fraction of sp³-hybridized carbons (Fsp3) is 1.00. The zero-order chi connectivity index (χ0) is 4.28. The van der Waals surface area contributed by atoms with Gasteiger partial charge in [0.1, 0.15) is 9.68 Å². The predicted molar refractivity (Wildman–Crippen MR) is 26.4 cm³/mol. The van der Waals surface area contributed by atoms with Gasteiger partial charge in [-0.25, -0.2) is 0 Å². The Morgan fingerprint density at radius 1 is 1.80 bits per heavy atom. The van der Waals surface area contributed by atoms with Crippen molar-refractivity contribution in [1.29, 1.82) is 0 Å². The smallest absolute Gasteiger partial charge is 0.106 e. The summed E-state index contributed by atoms with van der Waals surface area (Å²) >= 11 is 0. The number of hydrogen-bond donors (Lipinski definition) is 2. The molecule has 3 heteroatoms. The van der Waals surface area contributed by atoms with Crippen molar-refractivity contribution in [2.75, 3.05) is 0 Å². The molecule has 0 aliphatic rings. The van der Waals surface area contributed by atoms with Gasteiger partial charge in [0.25, 0.3) is 0 Å². The minimum atomic E-state index is -0.373. The van der Waals surface area contributed by atoms with Gasteiger partial charge in [0.2, 0.25) is 0 Å². The standard InChI is InChI=1S/C2H10N2Si/c1-2(3)5-4/h2H,3-5H2,1H3. The van der Waals surface area contributed by atoms with Crippen molar-refractivity contribution < 1.29 is 0 Å². The maximum atomic E-state index is 5.23. The lowest BCUT2D eigenvalue weighted by atomic mass is 10.8. The summed E-state index contributed by atoms with van der Waals surface area (Å²) in [5, 5.41) is 5.19. The van der Waals surface area contributed by atoms with Crippen LogP contribution >= 0.6 is 0 Å². The van der Waals surface area contributed by atoms with Gasteiger partial charge < -0.3 is 11.1 Å². The molecule has 0 aromatic carbocycles. The summed E-state index contributed by atoms with van der Waals surface area (Å²) in [6.45, 7) is 1.94. The van der Waals surface area contributed by atoms with Gasteiger partial charge >= 0.3 is 0 Å². The highest BCUT2D eigenvalue weighted by Crippen LogP contribution is 1.55. The normalized spacial score (nSPS) is 17.4. The Kier molecular flexibility index (Phi) is 2.44. The van der Waals surface area contributed by atoms with Crippen LogP contribution in [0.4, 0.5) is 0 Å².